The maximum Gasteiger partial charge on any atom is 0.345 e. The summed E-state index contributed by atoms with van der Waals surface area (Å²) in [5.41, 5.74) is 2.63. The van der Waals surface area contributed by atoms with E-state index in [1.165, 1.54) is 0 Å². The highest BCUT2D eigenvalue weighted by Crippen LogP contribution is 2.27. The van der Waals surface area contributed by atoms with E-state index in [4.69, 9.17) is 0 Å². The van der Waals surface area contributed by atoms with Crippen LogP contribution in [0.4, 0.5) is 5.95 Å². The van der Waals surface area contributed by atoms with Gasteiger partial charge in [-0.2, -0.15) is 0 Å². The fourth-order valence-corrected chi connectivity index (χ4v) is 2.88. The van der Waals surface area contributed by atoms with Gasteiger partial charge in [-0.1, -0.05) is 0 Å². The van der Waals surface area contributed by atoms with Gasteiger partial charge in [0.15, 0.2) is 0 Å². The van der Waals surface area contributed by atoms with Crippen LogP contribution >= 0.6 is 0 Å². The summed E-state index contributed by atoms with van der Waals surface area (Å²) >= 11 is 0. The molecule has 0 saturated carbocycles. The number of piperidine rings is 1. The molecule has 1 N–H and O–H groups in total. The Morgan fingerprint density at radius 3 is 2.76 bits per heavy atom. The minimum absolute atomic E-state index is 0.285. The van der Waals surface area contributed by atoms with Crippen LogP contribution in [0, 0.1) is 13.8 Å². The van der Waals surface area contributed by atoms with Crippen LogP contribution in [-0.2, 0) is 0 Å². The first kappa shape index (κ1) is 13.7. The first-order valence-corrected chi connectivity index (χ1v) is 7.24. The van der Waals surface area contributed by atoms with Gasteiger partial charge in [0.1, 0.15) is 0 Å². The van der Waals surface area contributed by atoms with Crippen molar-refractivity contribution in [2.45, 2.75) is 32.6 Å². The third-order valence-corrected chi connectivity index (χ3v) is 3.81. The molecular weight excluding hydrogens is 266 g/mol. The van der Waals surface area contributed by atoms with Crippen molar-refractivity contribution in [3.8, 4) is 0 Å². The summed E-state index contributed by atoms with van der Waals surface area (Å²) in [6, 6.07) is 3.86. The lowest BCUT2D eigenvalue weighted by atomic mass is 9.95. The number of anilines is 1. The van der Waals surface area contributed by atoms with E-state index < -0.39 is 0 Å². The van der Waals surface area contributed by atoms with Crippen molar-refractivity contribution < 1.29 is 0 Å². The summed E-state index contributed by atoms with van der Waals surface area (Å²) in [6.45, 7) is 5.75. The molecule has 0 bridgehead atoms. The Hall–Kier alpha value is -2.24. The maximum atomic E-state index is 11.4. The average molecular weight is 285 g/mol. The molecule has 0 aliphatic carbocycles. The normalized spacial score (nSPS) is 18.8. The Kier molecular flexibility index (Phi) is 3.68. The molecule has 0 radical (unpaired) electrons. The van der Waals surface area contributed by atoms with Crippen molar-refractivity contribution in [3.05, 3.63) is 45.9 Å². The van der Waals surface area contributed by atoms with Crippen LogP contribution in [-0.4, -0.2) is 33.0 Å². The first-order chi connectivity index (χ1) is 10.1. The van der Waals surface area contributed by atoms with E-state index in [1.54, 1.807) is 6.20 Å². The van der Waals surface area contributed by atoms with Gasteiger partial charge in [0.25, 0.3) is 0 Å². The van der Waals surface area contributed by atoms with Crippen molar-refractivity contribution >= 4 is 5.95 Å². The minimum Gasteiger partial charge on any atom is -0.340 e. The number of hydrogen-bond donors (Lipinski definition) is 1. The molecule has 2 aromatic rings. The van der Waals surface area contributed by atoms with Gasteiger partial charge >= 0.3 is 5.69 Å². The molecule has 1 fully saturated rings. The molecule has 3 rings (SSSR count). The molecule has 2 aromatic heterocycles. The number of rotatable bonds is 2. The third-order valence-electron chi connectivity index (χ3n) is 3.81. The van der Waals surface area contributed by atoms with Crippen LogP contribution in [0.3, 0.4) is 0 Å². The molecular formula is C15H19N5O. The second-order valence-corrected chi connectivity index (χ2v) is 5.57. The van der Waals surface area contributed by atoms with Gasteiger partial charge in [0.05, 0.1) is 0 Å². The van der Waals surface area contributed by atoms with Gasteiger partial charge in [0.2, 0.25) is 5.95 Å². The molecule has 1 aliphatic rings. The molecule has 3 heterocycles. The average Bonchev–Trinajstić information content (AvgIpc) is 2.46. The maximum absolute atomic E-state index is 11.4. The van der Waals surface area contributed by atoms with Crippen molar-refractivity contribution in [2.24, 2.45) is 0 Å². The number of nitrogens with zero attached hydrogens (tertiary/aromatic N) is 4. The first-order valence-electron chi connectivity index (χ1n) is 7.24. The van der Waals surface area contributed by atoms with Crippen molar-refractivity contribution in [1.29, 1.82) is 0 Å². The number of aryl methyl sites for hydroxylation is 2. The molecule has 0 amide bonds. The molecule has 0 spiro atoms. The number of aromatic nitrogens is 4. The predicted octanol–water partition coefficient (Wildman–Crippen LogP) is 1.56. The summed E-state index contributed by atoms with van der Waals surface area (Å²) in [7, 11) is 0. The lowest BCUT2D eigenvalue weighted by Gasteiger charge is -2.32. The summed E-state index contributed by atoms with van der Waals surface area (Å²) in [6.07, 6.45) is 3.69. The molecule has 6 nitrogen and oxygen atoms in total. The van der Waals surface area contributed by atoms with E-state index in [-0.39, 0.29) is 5.69 Å². The highest BCUT2D eigenvalue weighted by atomic mass is 16.1. The highest BCUT2D eigenvalue weighted by molar-refractivity contribution is 5.34. The van der Waals surface area contributed by atoms with Crippen molar-refractivity contribution in [2.75, 3.05) is 18.0 Å². The van der Waals surface area contributed by atoms with E-state index >= 15 is 0 Å². The predicted molar refractivity (Wildman–Crippen MR) is 80.6 cm³/mol. The van der Waals surface area contributed by atoms with Crippen molar-refractivity contribution in [3.63, 3.8) is 0 Å². The summed E-state index contributed by atoms with van der Waals surface area (Å²) in [4.78, 5) is 29.2. The van der Waals surface area contributed by atoms with Crippen LogP contribution in [0.1, 0.15) is 35.8 Å². The number of hydrogen-bond acceptors (Lipinski definition) is 5. The molecule has 6 heteroatoms. The number of H-pyrrole nitrogens is 1. The fraction of sp³-hybridized carbons (Fsp3) is 0.467. The molecule has 0 aromatic carbocycles. The second-order valence-electron chi connectivity index (χ2n) is 5.57. The monoisotopic (exact) mass is 285 g/mol. The quantitative estimate of drug-likeness (QED) is 0.906. The third kappa shape index (κ3) is 3.09. The number of nitrogens with one attached hydrogen (secondary N) is 1. The Morgan fingerprint density at radius 1 is 1.29 bits per heavy atom. The summed E-state index contributed by atoms with van der Waals surface area (Å²) < 4.78 is 0. The van der Waals surface area contributed by atoms with Gasteiger partial charge < -0.3 is 9.88 Å². The Labute approximate surface area is 123 Å². The van der Waals surface area contributed by atoms with E-state index in [2.05, 4.69) is 24.8 Å². The second kappa shape index (κ2) is 5.63. The molecule has 1 aliphatic heterocycles. The van der Waals surface area contributed by atoms with Crippen LogP contribution in [0.2, 0.25) is 0 Å². The zero-order valence-electron chi connectivity index (χ0n) is 12.3. The zero-order valence-corrected chi connectivity index (χ0v) is 12.3. The fourth-order valence-electron chi connectivity index (χ4n) is 2.88. The van der Waals surface area contributed by atoms with Gasteiger partial charge in [-0.15, -0.1) is 0 Å². The summed E-state index contributed by atoms with van der Waals surface area (Å²) in [5.74, 6) is 1.08. The smallest absolute Gasteiger partial charge is 0.340 e. The topological polar surface area (TPSA) is 74.8 Å². The molecule has 1 unspecified atom stereocenters. The number of aromatic amines is 1. The van der Waals surface area contributed by atoms with Crippen LogP contribution in [0.25, 0.3) is 0 Å². The van der Waals surface area contributed by atoms with Crippen LogP contribution < -0.4 is 10.6 Å². The molecule has 1 atom stereocenters. The highest BCUT2D eigenvalue weighted by Gasteiger charge is 2.24. The summed E-state index contributed by atoms with van der Waals surface area (Å²) in [5, 5.41) is 0. The zero-order chi connectivity index (χ0) is 14.8. The SMILES string of the molecule is Cc1cc(C)nc(N2CCCC(c3ccnc(=O)[nH]3)C2)n1. The molecule has 110 valence electrons. The van der Waals surface area contributed by atoms with Gasteiger partial charge in [-0.05, 0) is 38.8 Å². The lowest BCUT2D eigenvalue weighted by molar-refractivity contribution is 0.493. The molecule has 21 heavy (non-hydrogen) atoms. The van der Waals surface area contributed by atoms with Crippen LogP contribution in [0.5, 0.6) is 0 Å². The van der Waals surface area contributed by atoms with E-state index in [1.807, 2.05) is 26.0 Å². The lowest BCUT2D eigenvalue weighted by Crippen LogP contribution is -2.36. The van der Waals surface area contributed by atoms with Crippen molar-refractivity contribution in [1.82, 2.24) is 19.9 Å². The van der Waals surface area contributed by atoms with Crippen LogP contribution in [0.15, 0.2) is 23.1 Å². The Bertz CT molecular complexity index is 676. The standard InChI is InChI=1S/C15H19N5O/c1-10-8-11(2)18-14(17-10)20-7-3-4-12(9-20)13-5-6-16-15(21)19-13/h5-6,8,12H,3-4,7,9H2,1-2H3,(H,16,19,21). The van der Waals surface area contributed by atoms with E-state index in [0.717, 1.165) is 49.0 Å². The minimum atomic E-state index is -0.285. The molecule has 1 saturated heterocycles. The van der Waals surface area contributed by atoms with Gasteiger partial charge in [-0.3, -0.25) is 0 Å². The largest absolute Gasteiger partial charge is 0.345 e. The van der Waals surface area contributed by atoms with E-state index in [0.29, 0.717) is 5.92 Å². The van der Waals surface area contributed by atoms with Gasteiger partial charge in [0, 0.05) is 42.3 Å². The van der Waals surface area contributed by atoms with Gasteiger partial charge in [-0.25, -0.2) is 19.7 Å². The Balaban J connectivity index is 1.84. The Morgan fingerprint density at radius 2 is 2.05 bits per heavy atom. The van der Waals surface area contributed by atoms with E-state index in [9.17, 15) is 4.79 Å².